The van der Waals surface area contributed by atoms with Gasteiger partial charge in [-0.05, 0) is 34.1 Å². The Bertz CT molecular complexity index is 521. The zero-order valence-electron chi connectivity index (χ0n) is 14.8. The van der Waals surface area contributed by atoms with Gasteiger partial charge in [-0.25, -0.2) is 13.2 Å². The maximum atomic E-state index is 11.7. The van der Waals surface area contributed by atoms with Gasteiger partial charge < -0.3 is 19.9 Å². The molecular formula is C11H21N2NaO6S. The van der Waals surface area contributed by atoms with Gasteiger partial charge in [-0.15, -0.1) is 0 Å². The summed E-state index contributed by atoms with van der Waals surface area (Å²) in [5.41, 5.74) is -0.753. The molecule has 0 aromatic rings. The van der Waals surface area contributed by atoms with Gasteiger partial charge in [0.2, 0.25) is 5.91 Å². The molecule has 0 aliphatic rings. The normalized spacial score (nSPS) is 14.9. The molecule has 2 amide bonds. The molecule has 0 spiro atoms. The fourth-order valence-electron chi connectivity index (χ4n) is 0.984. The molecule has 0 aromatic carbocycles. The van der Waals surface area contributed by atoms with E-state index in [0.29, 0.717) is 0 Å². The van der Waals surface area contributed by atoms with E-state index in [0.717, 1.165) is 0 Å². The van der Waals surface area contributed by atoms with Gasteiger partial charge in [0.25, 0.3) is 0 Å². The summed E-state index contributed by atoms with van der Waals surface area (Å²) in [7, 11) is -4.58. The number of carbonyl (C=O) groups is 2. The number of rotatable bonds is 6. The first-order chi connectivity index (χ1) is 9.61. The largest absolute Gasteiger partial charge is 1.00 e. The predicted molar refractivity (Wildman–Crippen MR) is 71.0 cm³/mol. The molecule has 8 nitrogen and oxygen atoms in total. The Hall–Kier alpha value is -0.350. The molecule has 2 N–H and O–H groups in total. The quantitative estimate of drug-likeness (QED) is 0.393. The Morgan fingerprint density at radius 2 is 1.90 bits per heavy atom. The van der Waals surface area contributed by atoms with Crippen molar-refractivity contribution in [2.24, 2.45) is 0 Å². The molecule has 1 unspecified atom stereocenters. The van der Waals surface area contributed by atoms with Crippen molar-refractivity contribution in [1.29, 1.82) is 0 Å². The smallest absolute Gasteiger partial charge is 0.748 e. The van der Waals surface area contributed by atoms with Crippen LogP contribution in [0.5, 0.6) is 0 Å². The number of nitrogens with one attached hydrogen (secondary N) is 2. The molecule has 1 atom stereocenters. The van der Waals surface area contributed by atoms with Crippen LogP contribution in [0.3, 0.4) is 0 Å². The zero-order chi connectivity index (χ0) is 17.8. The van der Waals surface area contributed by atoms with Gasteiger partial charge in [0, 0.05) is 15.0 Å². The van der Waals surface area contributed by atoms with Crippen molar-refractivity contribution in [1.82, 2.24) is 10.6 Å². The van der Waals surface area contributed by atoms with Crippen molar-refractivity contribution in [3.63, 3.8) is 0 Å². The summed E-state index contributed by atoms with van der Waals surface area (Å²) >= 11 is 0. The Labute approximate surface area is 150 Å². The van der Waals surface area contributed by atoms with Gasteiger partial charge in [-0.2, -0.15) is 0 Å². The molecule has 0 fully saturated rings. The molecule has 0 saturated carbocycles. The van der Waals surface area contributed by atoms with E-state index in [1.54, 1.807) is 20.8 Å². The second-order valence-corrected chi connectivity index (χ2v) is 6.57. The molecular weight excluding hydrogens is 311 g/mol. The van der Waals surface area contributed by atoms with Crippen LogP contribution in [0.1, 0.15) is 36.9 Å². The Morgan fingerprint density at radius 3 is 2.33 bits per heavy atom. The van der Waals surface area contributed by atoms with Crippen LogP contribution in [0.4, 0.5) is 4.79 Å². The molecule has 0 saturated heterocycles. The summed E-state index contributed by atoms with van der Waals surface area (Å²) in [5, 5.41) is 4.13. The van der Waals surface area contributed by atoms with Crippen molar-refractivity contribution >= 4 is 22.1 Å². The molecule has 0 heterocycles. The molecule has 21 heavy (non-hydrogen) atoms. The number of hydrogen-bond acceptors (Lipinski definition) is 6. The van der Waals surface area contributed by atoms with Crippen molar-refractivity contribution in [2.45, 2.75) is 45.8 Å². The molecule has 10 heteroatoms. The van der Waals surface area contributed by atoms with E-state index in [2.05, 4.69) is 5.32 Å². The van der Waals surface area contributed by atoms with Crippen LogP contribution in [0, 0.1) is 0 Å². The van der Waals surface area contributed by atoms with Crippen LogP contribution in [0.25, 0.3) is 0 Å². The van der Waals surface area contributed by atoms with Gasteiger partial charge in [-0.1, -0.05) is 0 Å². The Kier molecular flexibility index (Phi) is 8.57. The van der Waals surface area contributed by atoms with Crippen LogP contribution in [-0.2, 0) is 19.6 Å². The SMILES string of the molecule is [2H]C([2H])(CCS(=O)(=O)[O-])NC(=O)C(C)NC(=O)OC(C)(C)C.[Na+]. The molecule has 0 aromatic heterocycles. The average Bonchev–Trinajstić information content (AvgIpc) is 2.22. The minimum absolute atomic E-state index is 0. The van der Waals surface area contributed by atoms with Crippen molar-refractivity contribution < 1.29 is 59.6 Å². The summed E-state index contributed by atoms with van der Waals surface area (Å²) in [6.07, 6.45) is -1.54. The molecule has 0 aliphatic carbocycles. The number of alkyl carbamates (subject to hydrolysis) is 1. The van der Waals surface area contributed by atoms with Gasteiger partial charge in [0.05, 0.1) is 10.1 Å². The third-order valence-corrected chi connectivity index (χ3v) is 2.52. The van der Waals surface area contributed by atoms with E-state index >= 15 is 0 Å². The van der Waals surface area contributed by atoms with Gasteiger partial charge in [0.15, 0.2) is 0 Å². The van der Waals surface area contributed by atoms with E-state index in [1.165, 1.54) is 6.92 Å². The number of carbonyl (C=O) groups excluding carboxylic acids is 2. The van der Waals surface area contributed by atoms with Crippen molar-refractivity contribution in [3.05, 3.63) is 0 Å². The van der Waals surface area contributed by atoms with E-state index < -0.39 is 52.4 Å². The molecule has 118 valence electrons. The van der Waals surface area contributed by atoms with Crippen LogP contribution < -0.4 is 40.2 Å². The van der Waals surface area contributed by atoms with Crippen molar-refractivity contribution in [2.75, 3.05) is 12.2 Å². The van der Waals surface area contributed by atoms with Crippen LogP contribution in [0.15, 0.2) is 0 Å². The van der Waals surface area contributed by atoms with E-state index in [-0.39, 0.29) is 29.6 Å². The zero-order valence-corrected chi connectivity index (χ0v) is 15.7. The summed E-state index contributed by atoms with van der Waals surface area (Å²) in [6.45, 7) is 3.83. The summed E-state index contributed by atoms with van der Waals surface area (Å²) < 4.78 is 51.2. The van der Waals surface area contributed by atoms with E-state index in [4.69, 9.17) is 7.48 Å². The third kappa shape index (κ3) is 14.4. The van der Waals surface area contributed by atoms with Crippen LogP contribution in [0.2, 0.25) is 0 Å². The predicted octanol–water partition coefficient (Wildman–Crippen LogP) is -3.04. The molecule has 0 bridgehead atoms. The first-order valence-corrected chi connectivity index (χ1v) is 7.44. The first-order valence-electron chi connectivity index (χ1n) is 6.86. The van der Waals surface area contributed by atoms with Crippen LogP contribution in [-0.4, -0.2) is 48.9 Å². The van der Waals surface area contributed by atoms with Crippen molar-refractivity contribution in [3.8, 4) is 0 Å². The average molecular weight is 334 g/mol. The van der Waals surface area contributed by atoms with Gasteiger partial charge in [0.1, 0.15) is 11.6 Å². The second-order valence-electron chi connectivity index (χ2n) is 5.05. The topological polar surface area (TPSA) is 125 Å². The fraction of sp³-hybridized carbons (Fsp3) is 0.818. The maximum absolute atomic E-state index is 11.7. The van der Waals surface area contributed by atoms with Gasteiger partial charge >= 0.3 is 35.7 Å². The molecule has 0 radical (unpaired) electrons. The second kappa shape index (κ2) is 9.62. The Morgan fingerprint density at radius 1 is 1.38 bits per heavy atom. The minimum Gasteiger partial charge on any atom is -0.748 e. The van der Waals surface area contributed by atoms with Crippen LogP contribution >= 0.6 is 0 Å². The number of amides is 2. The first kappa shape index (κ1) is 18.7. The van der Waals surface area contributed by atoms with E-state index in [1.807, 2.05) is 5.32 Å². The third-order valence-electron chi connectivity index (χ3n) is 1.82. The number of hydrogen-bond donors (Lipinski definition) is 2. The summed E-state index contributed by atoms with van der Waals surface area (Å²) in [4.78, 5) is 23.2. The monoisotopic (exact) mass is 334 g/mol. The standard InChI is InChI=1S/C11H22N2O6S.Na/c1-8(13-10(15)19-11(2,3)4)9(14)12-6-5-7-20(16,17)18;/h8H,5-7H2,1-4H3,(H,12,14)(H,13,15)(H,16,17,18);/q;+1/p-1/i6D2;. The van der Waals surface area contributed by atoms with Gasteiger partial charge in [-0.3, -0.25) is 4.79 Å². The number of ether oxygens (including phenoxy) is 1. The molecule has 0 rings (SSSR count). The fourth-order valence-corrected chi connectivity index (χ4v) is 1.34. The summed E-state index contributed by atoms with van der Waals surface area (Å²) in [5.74, 6) is -1.83. The maximum Gasteiger partial charge on any atom is 1.00 e. The summed E-state index contributed by atoms with van der Waals surface area (Å²) in [6, 6.07) is -1.10. The Balaban J connectivity index is 0. The minimum atomic E-state index is -4.58. The van der Waals surface area contributed by atoms with E-state index in [9.17, 15) is 22.6 Å². The molecule has 0 aliphatic heterocycles.